The smallest absolute Gasteiger partial charge is 0.256 e. The lowest BCUT2D eigenvalue weighted by Crippen LogP contribution is -2.57. The molecule has 0 bridgehead atoms. The highest BCUT2D eigenvalue weighted by molar-refractivity contribution is 8.01. The van der Waals surface area contributed by atoms with Crippen molar-refractivity contribution < 1.29 is 14.4 Å². The summed E-state index contributed by atoms with van der Waals surface area (Å²) in [5.41, 5.74) is 2.86. The van der Waals surface area contributed by atoms with Gasteiger partial charge in [-0.3, -0.25) is 14.4 Å². The van der Waals surface area contributed by atoms with Gasteiger partial charge in [-0.15, -0.1) is 11.8 Å². The molecule has 0 radical (unpaired) electrons. The summed E-state index contributed by atoms with van der Waals surface area (Å²) in [6.45, 7) is 8.61. The molecule has 2 aromatic rings. The molecule has 0 unspecified atom stereocenters. The molecule has 2 aliphatic heterocycles. The lowest BCUT2D eigenvalue weighted by molar-refractivity contribution is -0.132. The maximum Gasteiger partial charge on any atom is 0.256 e. The molecule has 186 valence electrons. The van der Waals surface area contributed by atoms with Crippen molar-refractivity contribution in [3.8, 4) is 0 Å². The highest BCUT2D eigenvalue weighted by Crippen LogP contribution is 2.56. The number of rotatable bonds is 9. The lowest BCUT2D eigenvalue weighted by Gasteiger charge is -2.31. The summed E-state index contributed by atoms with van der Waals surface area (Å²) in [4.78, 5) is 41.6. The highest BCUT2D eigenvalue weighted by Gasteiger charge is 2.57. The highest BCUT2D eigenvalue weighted by atomic mass is 32.2. The van der Waals surface area contributed by atoms with Crippen LogP contribution in [0.4, 0.5) is 0 Å². The largest absolute Gasteiger partial charge is 0.354 e. The van der Waals surface area contributed by atoms with Gasteiger partial charge in [0.2, 0.25) is 11.8 Å². The quantitative estimate of drug-likeness (QED) is 0.510. The van der Waals surface area contributed by atoms with Gasteiger partial charge in [0.15, 0.2) is 0 Å². The molecule has 0 aliphatic carbocycles. The maximum atomic E-state index is 13.6. The van der Waals surface area contributed by atoms with Gasteiger partial charge in [0.25, 0.3) is 5.91 Å². The molecular weight excluding hydrogens is 458 g/mol. The summed E-state index contributed by atoms with van der Waals surface area (Å²) in [6.07, 6.45) is 2.25. The van der Waals surface area contributed by atoms with Crippen LogP contribution in [0.1, 0.15) is 67.4 Å². The first-order valence-electron chi connectivity index (χ1n) is 12.4. The molecule has 1 fully saturated rings. The number of nitrogens with one attached hydrogen (secondary N) is 2. The molecule has 4 rings (SSSR count). The second-order valence-corrected chi connectivity index (χ2v) is 12.1. The Morgan fingerprint density at radius 3 is 2.46 bits per heavy atom. The average Bonchev–Trinajstić information content (AvgIpc) is 3.25. The van der Waals surface area contributed by atoms with E-state index in [1.165, 1.54) is 5.56 Å². The summed E-state index contributed by atoms with van der Waals surface area (Å²) >= 11 is 1.63. The van der Waals surface area contributed by atoms with Crippen molar-refractivity contribution in [2.24, 2.45) is 5.92 Å². The third kappa shape index (κ3) is 5.40. The summed E-state index contributed by atoms with van der Waals surface area (Å²) in [5.74, 6) is -0.325. The lowest BCUT2D eigenvalue weighted by atomic mass is 9.98. The van der Waals surface area contributed by atoms with Gasteiger partial charge in [-0.1, -0.05) is 62.4 Å². The first-order chi connectivity index (χ1) is 16.7. The first kappa shape index (κ1) is 25.3. The normalized spacial score (nSPS) is 20.9. The Bertz CT molecular complexity index is 1090. The number of benzene rings is 2. The van der Waals surface area contributed by atoms with E-state index >= 15 is 0 Å². The Kier molecular flexibility index (Phi) is 7.55. The molecule has 3 amide bonds. The zero-order valence-electron chi connectivity index (χ0n) is 20.9. The van der Waals surface area contributed by atoms with Gasteiger partial charge in [0, 0.05) is 16.9 Å². The van der Waals surface area contributed by atoms with Crippen LogP contribution < -0.4 is 10.6 Å². The topological polar surface area (TPSA) is 78.5 Å². The number of fused-ring (bicyclic) bond motifs is 3. The van der Waals surface area contributed by atoms with Crippen molar-refractivity contribution >= 4 is 29.5 Å². The Labute approximate surface area is 212 Å². The monoisotopic (exact) mass is 493 g/mol. The van der Waals surface area contributed by atoms with Crippen molar-refractivity contribution in [3.63, 3.8) is 0 Å². The van der Waals surface area contributed by atoms with Crippen LogP contribution in [0.5, 0.6) is 0 Å². The van der Waals surface area contributed by atoms with Gasteiger partial charge in [-0.05, 0) is 56.2 Å². The van der Waals surface area contributed by atoms with Crippen LogP contribution in [0.25, 0.3) is 0 Å². The Morgan fingerprint density at radius 1 is 1.06 bits per heavy atom. The molecule has 2 heterocycles. The van der Waals surface area contributed by atoms with Crippen LogP contribution in [-0.2, 0) is 16.0 Å². The molecule has 0 spiro atoms. The maximum absolute atomic E-state index is 13.6. The van der Waals surface area contributed by atoms with Crippen LogP contribution >= 0.6 is 11.8 Å². The van der Waals surface area contributed by atoms with E-state index in [4.69, 9.17) is 0 Å². The third-order valence-corrected chi connectivity index (χ3v) is 8.20. The fraction of sp³-hybridized carbons (Fsp3) is 0.464. The van der Waals surface area contributed by atoms with E-state index in [0.717, 1.165) is 18.4 Å². The second kappa shape index (κ2) is 10.4. The van der Waals surface area contributed by atoms with Crippen LogP contribution in [0.15, 0.2) is 54.6 Å². The van der Waals surface area contributed by atoms with E-state index in [1.807, 2.05) is 70.2 Å². The van der Waals surface area contributed by atoms with E-state index in [9.17, 15) is 14.4 Å². The van der Waals surface area contributed by atoms with E-state index < -0.39 is 16.8 Å². The molecule has 0 saturated carbocycles. The number of amides is 3. The number of nitrogens with zero attached hydrogens (tertiary/aromatic N) is 1. The van der Waals surface area contributed by atoms with Gasteiger partial charge >= 0.3 is 0 Å². The third-order valence-electron chi connectivity index (χ3n) is 6.67. The minimum absolute atomic E-state index is 0.116. The summed E-state index contributed by atoms with van der Waals surface area (Å²) in [7, 11) is 0. The number of hydrogen-bond acceptors (Lipinski definition) is 4. The fourth-order valence-corrected chi connectivity index (χ4v) is 6.62. The standard InChI is InChI=1S/C28H35N3O3S/c1-18(2)17-22(24(32)29-16-10-13-19-11-6-5-7-12-19)30-25(33)23-28(3,4)35-27-21-15-9-8-14-20(21)26(34)31(23)27/h5-9,11-12,14-15,18,22-23,27H,10,13,16-17H2,1-4H3,(H,29,32)(H,30,33)/t22-,23+,27+/m0/s1. The molecular formula is C28H35N3O3S. The fourth-order valence-electron chi connectivity index (χ4n) is 5.03. The number of aryl methyl sites for hydroxylation is 1. The summed E-state index contributed by atoms with van der Waals surface area (Å²) in [5, 5.41) is 5.83. The predicted octanol–water partition coefficient (Wildman–Crippen LogP) is 4.31. The first-order valence-corrected chi connectivity index (χ1v) is 13.3. The molecule has 0 aromatic heterocycles. The average molecular weight is 494 g/mol. The number of thioether (sulfide) groups is 1. The van der Waals surface area contributed by atoms with Crippen molar-refractivity contribution in [2.75, 3.05) is 6.54 Å². The Balaban J connectivity index is 1.42. The molecule has 7 heteroatoms. The van der Waals surface area contributed by atoms with Crippen LogP contribution in [0.2, 0.25) is 0 Å². The molecule has 1 saturated heterocycles. The Morgan fingerprint density at radius 2 is 1.74 bits per heavy atom. The molecule has 2 aromatic carbocycles. The van der Waals surface area contributed by atoms with Gasteiger partial charge in [0.1, 0.15) is 17.5 Å². The second-order valence-electron chi connectivity index (χ2n) is 10.3. The van der Waals surface area contributed by atoms with Crippen molar-refractivity contribution in [1.82, 2.24) is 15.5 Å². The van der Waals surface area contributed by atoms with Crippen LogP contribution in [0, 0.1) is 5.92 Å². The zero-order chi connectivity index (χ0) is 25.2. The minimum atomic E-state index is -0.655. The van der Waals surface area contributed by atoms with E-state index in [0.29, 0.717) is 18.5 Å². The summed E-state index contributed by atoms with van der Waals surface area (Å²) in [6, 6.07) is 16.4. The number of carbonyl (C=O) groups excluding carboxylic acids is 3. The van der Waals surface area contributed by atoms with Crippen LogP contribution in [-0.4, -0.2) is 46.0 Å². The molecule has 3 atom stereocenters. The van der Waals surface area contributed by atoms with Gasteiger partial charge in [-0.25, -0.2) is 0 Å². The van der Waals surface area contributed by atoms with Crippen molar-refractivity contribution in [3.05, 3.63) is 71.3 Å². The van der Waals surface area contributed by atoms with E-state index in [1.54, 1.807) is 16.7 Å². The van der Waals surface area contributed by atoms with Gasteiger partial charge in [0.05, 0.1) is 0 Å². The van der Waals surface area contributed by atoms with Crippen molar-refractivity contribution in [2.45, 2.75) is 69.2 Å². The van der Waals surface area contributed by atoms with Gasteiger partial charge < -0.3 is 15.5 Å². The molecule has 35 heavy (non-hydrogen) atoms. The number of carbonyl (C=O) groups is 3. The Hall–Kier alpha value is -2.80. The van der Waals surface area contributed by atoms with E-state index in [-0.39, 0.29) is 29.0 Å². The zero-order valence-corrected chi connectivity index (χ0v) is 21.7. The SMILES string of the molecule is CC(C)C[C@H](NC(=O)[C@H]1N2C(=O)c3ccccc3[C@H]2SC1(C)C)C(=O)NCCCc1ccccc1. The van der Waals surface area contributed by atoms with Crippen LogP contribution in [0.3, 0.4) is 0 Å². The predicted molar refractivity (Wildman–Crippen MR) is 140 cm³/mol. The van der Waals surface area contributed by atoms with Crippen molar-refractivity contribution in [1.29, 1.82) is 0 Å². The minimum Gasteiger partial charge on any atom is -0.354 e. The molecule has 2 N–H and O–H groups in total. The molecule has 2 aliphatic rings. The summed E-state index contributed by atoms with van der Waals surface area (Å²) < 4.78 is -0.480. The number of hydrogen-bond donors (Lipinski definition) is 2. The van der Waals surface area contributed by atoms with E-state index in [2.05, 4.69) is 22.8 Å². The molecule has 6 nitrogen and oxygen atoms in total. The van der Waals surface area contributed by atoms with Gasteiger partial charge in [-0.2, -0.15) is 0 Å².